The maximum atomic E-state index is 12.7. The van der Waals surface area contributed by atoms with Crippen molar-refractivity contribution < 1.29 is 0 Å². The summed E-state index contributed by atoms with van der Waals surface area (Å²) in [6, 6.07) is 2.00. The summed E-state index contributed by atoms with van der Waals surface area (Å²) in [5.41, 5.74) is 3.12. The molecular weight excluding hydrogens is 244 g/mol. The van der Waals surface area contributed by atoms with Crippen LogP contribution in [0, 0.1) is 0 Å². The molecule has 0 aliphatic rings. The largest absolute Gasteiger partial charge is 0.286 e. The van der Waals surface area contributed by atoms with Gasteiger partial charge in [-0.1, -0.05) is 20.8 Å². The van der Waals surface area contributed by atoms with E-state index in [2.05, 4.69) is 25.8 Å². The topological polar surface area (TPSA) is 34.9 Å². The predicted molar refractivity (Wildman–Crippen MR) is 77.6 cm³/mol. The van der Waals surface area contributed by atoms with Crippen LogP contribution in [0.15, 0.2) is 16.4 Å². The van der Waals surface area contributed by atoms with Crippen LogP contribution in [0.5, 0.6) is 0 Å². The van der Waals surface area contributed by atoms with Crippen LogP contribution >= 0.6 is 11.3 Å². The molecule has 0 saturated heterocycles. The minimum absolute atomic E-state index is 0.0772. The Morgan fingerprint density at radius 3 is 2.28 bits per heavy atom. The van der Waals surface area contributed by atoms with Gasteiger partial charge in [-0.15, -0.1) is 11.3 Å². The SMILES string of the molecule is CC(C)(C)c1cc2scnc2n(C(C)(C)C)c1=O. The van der Waals surface area contributed by atoms with Crippen LogP contribution in [0.1, 0.15) is 47.1 Å². The van der Waals surface area contributed by atoms with Crippen molar-refractivity contribution in [3.05, 3.63) is 27.5 Å². The van der Waals surface area contributed by atoms with Gasteiger partial charge in [-0.05, 0) is 32.3 Å². The summed E-state index contributed by atoms with van der Waals surface area (Å²) in [7, 11) is 0. The fourth-order valence-corrected chi connectivity index (χ4v) is 2.79. The first-order valence-electron chi connectivity index (χ1n) is 6.12. The first-order chi connectivity index (χ1) is 8.12. The predicted octanol–water partition coefficient (Wildman–Crippen LogP) is 3.51. The van der Waals surface area contributed by atoms with Gasteiger partial charge in [0.2, 0.25) is 0 Å². The number of hydrogen-bond donors (Lipinski definition) is 0. The molecule has 2 heterocycles. The zero-order valence-corrected chi connectivity index (χ0v) is 12.7. The lowest BCUT2D eigenvalue weighted by Gasteiger charge is -2.26. The molecule has 3 nitrogen and oxygen atoms in total. The third-order valence-electron chi connectivity index (χ3n) is 2.97. The van der Waals surface area contributed by atoms with E-state index in [0.29, 0.717) is 0 Å². The summed E-state index contributed by atoms with van der Waals surface area (Å²) >= 11 is 1.59. The van der Waals surface area contributed by atoms with Crippen molar-refractivity contribution in [2.75, 3.05) is 0 Å². The Bertz CT molecular complexity index is 638. The van der Waals surface area contributed by atoms with Crippen LogP contribution < -0.4 is 5.56 Å². The number of rotatable bonds is 0. The van der Waals surface area contributed by atoms with Gasteiger partial charge in [0.1, 0.15) is 0 Å². The van der Waals surface area contributed by atoms with E-state index in [0.717, 1.165) is 15.9 Å². The molecule has 2 aromatic heterocycles. The minimum atomic E-state index is -0.259. The molecule has 98 valence electrons. The molecule has 0 atom stereocenters. The van der Waals surface area contributed by atoms with Gasteiger partial charge in [-0.3, -0.25) is 9.36 Å². The summed E-state index contributed by atoms with van der Waals surface area (Å²) < 4.78 is 2.90. The molecule has 0 saturated carbocycles. The van der Waals surface area contributed by atoms with Crippen LogP contribution in [0.4, 0.5) is 0 Å². The van der Waals surface area contributed by atoms with Crippen molar-refractivity contribution in [2.45, 2.75) is 52.5 Å². The molecule has 0 radical (unpaired) electrons. The Morgan fingerprint density at radius 2 is 1.78 bits per heavy atom. The molecule has 0 aliphatic heterocycles. The van der Waals surface area contributed by atoms with Crippen LogP contribution in [0.25, 0.3) is 10.3 Å². The van der Waals surface area contributed by atoms with E-state index in [1.807, 2.05) is 31.4 Å². The average Bonchev–Trinajstić information content (AvgIpc) is 2.59. The summed E-state index contributed by atoms with van der Waals surface area (Å²) in [5.74, 6) is 0. The highest BCUT2D eigenvalue weighted by atomic mass is 32.1. The van der Waals surface area contributed by atoms with Crippen LogP contribution in [-0.2, 0) is 11.0 Å². The molecule has 2 aromatic rings. The van der Waals surface area contributed by atoms with E-state index >= 15 is 0 Å². The molecule has 2 rings (SSSR count). The Labute approximate surface area is 111 Å². The molecule has 0 fully saturated rings. The molecule has 0 N–H and O–H groups in total. The van der Waals surface area contributed by atoms with Gasteiger partial charge in [0.15, 0.2) is 5.65 Å². The quantitative estimate of drug-likeness (QED) is 0.730. The normalized spacial score (nSPS) is 13.2. The highest BCUT2D eigenvalue weighted by molar-refractivity contribution is 7.16. The van der Waals surface area contributed by atoms with Gasteiger partial charge in [0.05, 0.1) is 10.2 Å². The smallest absolute Gasteiger partial charge is 0.256 e. The van der Waals surface area contributed by atoms with Gasteiger partial charge >= 0.3 is 0 Å². The summed E-state index contributed by atoms with van der Waals surface area (Å²) in [5, 5.41) is 0. The van der Waals surface area contributed by atoms with Gasteiger partial charge in [-0.2, -0.15) is 0 Å². The molecule has 0 spiro atoms. The Hall–Kier alpha value is -1.16. The van der Waals surface area contributed by atoms with Crippen molar-refractivity contribution in [1.82, 2.24) is 9.55 Å². The van der Waals surface area contributed by atoms with Crippen LogP contribution in [-0.4, -0.2) is 9.55 Å². The van der Waals surface area contributed by atoms with Crippen molar-refractivity contribution in [2.24, 2.45) is 0 Å². The zero-order valence-electron chi connectivity index (χ0n) is 11.9. The lowest BCUT2D eigenvalue weighted by molar-refractivity contribution is 0.390. The highest BCUT2D eigenvalue weighted by Gasteiger charge is 2.26. The number of pyridine rings is 1. The Balaban J connectivity index is 2.95. The van der Waals surface area contributed by atoms with E-state index in [9.17, 15) is 4.79 Å². The van der Waals surface area contributed by atoms with E-state index in [1.165, 1.54) is 0 Å². The van der Waals surface area contributed by atoms with Crippen molar-refractivity contribution in [1.29, 1.82) is 0 Å². The summed E-state index contributed by atoms with van der Waals surface area (Å²) in [4.78, 5) is 17.1. The molecule has 18 heavy (non-hydrogen) atoms. The molecule has 0 aromatic carbocycles. The fourth-order valence-electron chi connectivity index (χ4n) is 2.08. The second-order valence-corrected chi connectivity index (χ2v) is 7.55. The van der Waals surface area contributed by atoms with Gasteiger partial charge < -0.3 is 0 Å². The summed E-state index contributed by atoms with van der Waals surface area (Å²) in [6.45, 7) is 12.3. The van der Waals surface area contributed by atoms with E-state index < -0.39 is 0 Å². The van der Waals surface area contributed by atoms with Crippen molar-refractivity contribution in [3.63, 3.8) is 0 Å². The average molecular weight is 264 g/mol. The maximum Gasteiger partial charge on any atom is 0.256 e. The third-order valence-corrected chi connectivity index (χ3v) is 3.74. The lowest BCUT2D eigenvalue weighted by atomic mass is 9.87. The number of fused-ring (bicyclic) bond motifs is 1. The van der Waals surface area contributed by atoms with Crippen LogP contribution in [0.3, 0.4) is 0 Å². The Morgan fingerprint density at radius 1 is 1.17 bits per heavy atom. The molecular formula is C14H20N2OS. The third kappa shape index (κ3) is 2.09. The number of thiazole rings is 1. The number of hydrogen-bond acceptors (Lipinski definition) is 3. The van der Waals surface area contributed by atoms with E-state index in [1.54, 1.807) is 16.8 Å². The molecule has 4 heteroatoms. The standard InChI is InChI=1S/C14H20N2OS/c1-13(2,3)9-7-10-11(15-8-18-10)16(12(9)17)14(4,5)6/h7-8H,1-6H3. The van der Waals surface area contributed by atoms with Gasteiger partial charge in [-0.25, -0.2) is 4.98 Å². The van der Waals surface area contributed by atoms with Crippen molar-refractivity contribution >= 4 is 21.7 Å². The molecule has 0 unspecified atom stereocenters. The first kappa shape index (κ1) is 13.3. The van der Waals surface area contributed by atoms with Crippen molar-refractivity contribution in [3.8, 4) is 0 Å². The molecule has 0 aliphatic carbocycles. The van der Waals surface area contributed by atoms with E-state index in [-0.39, 0.29) is 16.5 Å². The molecule has 0 bridgehead atoms. The second-order valence-electron chi connectivity index (χ2n) is 6.66. The number of aromatic nitrogens is 2. The first-order valence-corrected chi connectivity index (χ1v) is 7.00. The molecule has 0 amide bonds. The minimum Gasteiger partial charge on any atom is -0.286 e. The maximum absolute atomic E-state index is 12.7. The van der Waals surface area contributed by atoms with Crippen LogP contribution in [0.2, 0.25) is 0 Å². The summed E-state index contributed by atoms with van der Waals surface area (Å²) in [6.07, 6.45) is 0. The Kier molecular flexibility index (Phi) is 2.89. The number of nitrogens with zero attached hydrogens (tertiary/aromatic N) is 2. The second kappa shape index (κ2) is 3.92. The van der Waals surface area contributed by atoms with Gasteiger partial charge in [0, 0.05) is 11.1 Å². The lowest BCUT2D eigenvalue weighted by Crippen LogP contribution is -2.38. The zero-order chi connectivity index (χ0) is 13.7. The monoisotopic (exact) mass is 264 g/mol. The highest BCUT2D eigenvalue weighted by Crippen LogP contribution is 2.27. The fraction of sp³-hybridized carbons (Fsp3) is 0.571. The van der Waals surface area contributed by atoms with E-state index in [4.69, 9.17) is 0 Å². The van der Waals surface area contributed by atoms with Gasteiger partial charge in [0.25, 0.3) is 5.56 Å².